The first kappa shape index (κ1) is 42.7. The number of oxime groups is 1. The summed E-state index contributed by atoms with van der Waals surface area (Å²) in [5.41, 5.74) is 9.13. The van der Waals surface area contributed by atoms with E-state index in [0.717, 1.165) is 24.3 Å². The van der Waals surface area contributed by atoms with Crippen molar-refractivity contribution in [2.24, 2.45) is 10.9 Å². The number of anilines is 1. The average molecular weight is 809 g/mol. The number of nitrogens with zero attached hydrogens (tertiary/aromatic N) is 5. The summed E-state index contributed by atoms with van der Waals surface area (Å²) < 4.78 is 80.1. The minimum absolute atomic E-state index is 0.0461. The Labute approximate surface area is 306 Å². The highest BCUT2D eigenvalue weighted by Crippen LogP contribution is 2.33. The Hall–Kier alpha value is -5.70. The Kier molecular flexibility index (Phi) is 14.1. The van der Waals surface area contributed by atoms with Crippen molar-refractivity contribution in [3.63, 3.8) is 0 Å². The molecule has 0 spiro atoms. The Morgan fingerprint density at radius 3 is 2.33 bits per heavy atom. The number of pyridine rings is 2. The molecule has 3 aromatic rings. The van der Waals surface area contributed by atoms with Gasteiger partial charge >= 0.3 is 22.5 Å². The number of aliphatic carboxylic acids is 2. The number of thiazole rings is 1. The Morgan fingerprint density at radius 1 is 1.20 bits per heavy atom. The molecule has 2 atom stereocenters. The lowest BCUT2D eigenvalue weighted by Gasteiger charge is -2.50. The van der Waals surface area contributed by atoms with Crippen LogP contribution in [-0.4, -0.2) is 99.6 Å². The average Bonchev–Trinajstić information content (AvgIpc) is 3.52. The summed E-state index contributed by atoms with van der Waals surface area (Å²) in [5, 5.41) is 26.3. The van der Waals surface area contributed by atoms with Gasteiger partial charge in [-0.15, -0.1) is 15.6 Å². The number of halogens is 3. The first-order chi connectivity index (χ1) is 25.1. The zero-order valence-corrected chi connectivity index (χ0v) is 29.5. The smallest absolute Gasteiger partial charge is 0.430 e. The summed E-state index contributed by atoms with van der Waals surface area (Å²) in [6.07, 6.45) is -1.07. The molecule has 7 N–H and O–H groups in total. The maximum atomic E-state index is 13.2. The Balaban J connectivity index is 0.00000102. The van der Waals surface area contributed by atoms with E-state index in [2.05, 4.69) is 24.7 Å². The van der Waals surface area contributed by atoms with Crippen molar-refractivity contribution in [1.29, 1.82) is 0 Å². The molecule has 26 heteroatoms. The van der Waals surface area contributed by atoms with Gasteiger partial charge in [0, 0.05) is 30.0 Å². The van der Waals surface area contributed by atoms with Crippen LogP contribution in [0.4, 0.5) is 18.3 Å². The Bertz CT molecular complexity index is 1940. The first-order valence-corrected chi connectivity index (χ1v) is 17.1. The zero-order chi connectivity index (χ0) is 40.4. The van der Waals surface area contributed by atoms with E-state index in [1.54, 1.807) is 12.1 Å². The first-order valence-electron chi connectivity index (χ1n) is 14.9. The number of aromatic nitrogens is 3. The molecular formula is C28H31F3N8O13S2. The van der Waals surface area contributed by atoms with Crippen LogP contribution < -0.4 is 35.9 Å². The molecular weight excluding hydrogens is 777 g/mol. The third-order valence-corrected chi connectivity index (χ3v) is 7.70. The molecule has 1 unspecified atom stereocenters. The molecule has 3 aromatic heterocycles. The lowest BCUT2D eigenvalue weighted by Crippen LogP contribution is -2.76. The highest BCUT2D eigenvalue weighted by Gasteiger charge is 2.58. The topological polar surface area (TPSA) is 312 Å². The van der Waals surface area contributed by atoms with Gasteiger partial charge in [-0.05, 0) is 26.5 Å². The molecule has 2 amide bonds. The second-order valence-corrected chi connectivity index (χ2v) is 13.0. The lowest BCUT2D eigenvalue weighted by atomic mass is 9.84. The number of aryl methyl sites for hydroxylation is 1. The number of carbonyl (C=O) groups excluding carboxylic acids is 3. The highest BCUT2D eigenvalue weighted by molar-refractivity contribution is 7.80. The van der Waals surface area contributed by atoms with Gasteiger partial charge in [-0.2, -0.15) is 26.7 Å². The van der Waals surface area contributed by atoms with Gasteiger partial charge in [0.05, 0.1) is 11.7 Å². The molecule has 0 aromatic carbocycles. The summed E-state index contributed by atoms with van der Waals surface area (Å²) in [6, 6.07) is 5.21. The fraction of sp³-hybridized carbons (Fsp3) is 0.357. The second-order valence-electron chi connectivity index (χ2n) is 11.1. The van der Waals surface area contributed by atoms with Crippen LogP contribution in [0.2, 0.25) is 0 Å². The number of hydroxylamine groups is 2. The summed E-state index contributed by atoms with van der Waals surface area (Å²) in [5.74, 6) is -5.56. The molecule has 294 valence electrons. The van der Waals surface area contributed by atoms with Crippen molar-refractivity contribution in [2.45, 2.75) is 50.7 Å². The number of ether oxygens (including phenoxy) is 2. The number of hydrogen-bond donors (Lipinski definition) is 5. The van der Waals surface area contributed by atoms with Gasteiger partial charge in [0.15, 0.2) is 23.2 Å². The van der Waals surface area contributed by atoms with Crippen LogP contribution in [0.5, 0.6) is 17.4 Å². The van der Waals surface area contributed by atoms with Gasteiger partial charge in [-0.25, -0.2) is 19.3 Å². The van der Waals surface area contributed by atoms with Crippen LogP contribution in [0.15, 0.2) is 53.4 Å². The third-order valence-electron chi connectivity index (χ3n) is 6.69. The molecule has 1 fully saturated rings. The molecule has 0 saturated carbocycles. The summed E-state index contributed by atoms with van der Waals surface area (Å²) in [6.45, 7) is 3.50. The molecule has 1 saturated heterocycles. The number of alkyl halides is 3. The summed E-state index contributed by atoms with van der Waals surface area (Å²) in [7, 11) is -5.02. The van der Waals surface area contributed by atoms with Gasteiger partial charge in [-0.3, -0.25) is 14.1 Å². The van der Waals surface area contributed by atoms with Crippen molar-refractivity contribution in [3.05, 3.63) is 53.9 Å². The molecule has 1 aliphatic rings. The highest BCUT2D eigenvalue weighted by atomic mass is 32.3. The number of nitrogens with two attached hydrogens (primary N) is 2. The molecule has 4 rings (SSSR count). The maximum Gasteiger partial charge on any atom is 0.430 e. The van der Waals surface area contributed by atoms with Gasteiger partial charge in [0.2, 0.25) is 5.88 Å². The fourth-order valence-electron chi connectivity index (χ4n) is 4.02. The Morgan fingerprint density at radius 2 is 1.85 bits per heavy atom. The maximum absolute atomic E-state index is 13.2. The summed E-state index contributed by atoms with van der Waals surface area (Å²) >= 11 is 0.946. The monoisotopic (exact) mass is 808 g/mol. The molecule has 1 aliphatic heterocycles. The predicted octanol–water partition coefficient (Wildman–Crippen LogP) is -1.06. The largest absolute Gasteiger partial charge is 0.542 e. The standard InChI is InChI=1S/C26H30N8O11S2.C2HF3O2/c1-26(2)21(23(36)34(26)45-47(39,40)41)31-22(35)20(17-14-46-25(28)30-17)32-44-18(24(37)38)13-42-16-4-5-19(29-12-16)43-15-6-10-33(11-7-15)9-3-8-27;3-2(4,5)1(6)7/h4-7,10-12,14,18,21H,3,8-9,13,27H2,1-2H3,(H4-,28,30,31,35,37,38,39,40,41);(H,6,7)/b32-20-;/t18?,21-;/m1./s1. The van der Waals surface area contributed by atoms with E-state index in [1.165, 1.54) is 37.6 Å². The molecule has 0 bridgehead atoms. The number of carboxylic acids is 2. The van der Waals surface area contributed by atoms with E-state index < -0.39 is 70.3 Å². The normalized spacial score (nSPS) is 15.9. The van der Waals surface area contributed by atoms with Crippen LogP contribution in [0, 0.1) is 0 Å². The number of nitrogens with one attached hydrogen (secondary N) is 1. The van der Waals surface area contributed by atoms with E-state index in [-0.39, 0.29) is 22.5 Å². The molecule has 21 nitrogen and oxygen atoms in total. The van der Waals surface area contributed by atoms with Gasteiger partial charge in [0.25, 0.3) is 17.9 Å². The van der Waals surface area contributed by atoms with Crippen LogP contribution in [0.1, 0.15) is 26.0 Å². The summed E-state index contributed by atoms with van der Waals surface area (Å²) in [4.78, 5) is 59.6. The minimum atomic E-state index is -5.19. The lowest BCUT2D eigenvalue weighted by molar-refractivity contribution is -0.697. The van der Waals surface area contributed by atoms with Gasteiger partial charge in [0.1, 0.15) is 42.4 Å². The predicted molar refractivity (Wildman–Crippen MR) is 172 cm³/mol. The number of β-lactam (4-membered cyclic amide) rings is 1. The third kappa shape index (κ3) is 12.2. The number of carboxylic acid groups (broad SMARTS) is 2. The number of hydrogen-bond acceptors (Lipinski definition) is 17. The quantitative estimate of drug-likeness (QED) is 0.0379. The van der Waals surface area contributed by atoms with E-state index >= 15 is 0 Å². The SMILES string of the molecule is CC1(C)[C@H](NC(=O)/C(=N\OC(COc2ccc(Oc3cc[n+](CCCN)cc3)nc2)C(=O)O)c2csc(N)n2)C(=O)N1OS(=O)(=O)O.O=C([O-])C(F)(F)F. The van der Waals surface area contributed by atoms with Crippen molar-refractivity contribution < 1.29 is 78.7 Å². The minimum Gasteiger partial charge on any atom is -0.542 e. The number of carbonyl (C=O) groups is 4. The number of rotatable bonds is 16. The van der Waals surface area contributed by atoms with Crippen LogP contribution in [0.25, 0.3) is 0 Å². The van der Waals surface area contributed by atoms with E-state index in [1.807, 2.05) is 17.0 Å². The molecule has 0 radical (unpaired) electrons. The second kappa shape index (κ2) is 17.9. The van der Waals surface area contributed by atoms with Crippen LogP contribution in [0.3, 0.4) is 0 Å². The van der Waals surface area contributed by atoms with Crippen molar-refractivity contribution in [1.82, 2.24) is 20.3 Å². The van der Waals surface area contributed by atoms with Crippen LogP contribution >= 0.6 is 11.3 Å². The molecule has 0 aliphatic carbocycles. The molecule has 4 heterocycles. The van der Waals surface area contributed by atoms with Gasteiger partial charge in [-0.1, -0.05) is 5.16 Å². The van der Waals surface area contributed by atoms with Gasteiger partial charge < -0.3 is 46.1 Å². The molecule has 54 heavy (non-hydrogen) atoms. The van der Waals surface area contributed by atoms with Crippen molar-refractivity contribution in [3.8, 4) is 17.4 Å². The van der Waals surface area contributed by atoms with E-state index in [9.17, 15) is 41.1 Å². The van der Waals surface area contributed by atoms with E-state index in [4.69, 9.17) is 40.2 Å². The van der Waals surface area contributed by atoms with Crippen molar-refractivity contribution >= 4 is 56.3 Å². The van der Waals surface area contributed by atoms with Crippen molar-refractivity contribution in [2.75, 3.05) is 18.9 Å². The van der Waals surface area contributed by atoms with Crippen LogP contribution in [-0.2, 0) is 45.2 Å². The fourth-order valence-corrected chi connectivity index (χ4v) is 5.02. The van der Waals surface area contributed by atoms with E-state index in [0.29, 0.717) is 17.4 Å². The zero-order valence-electron chi connectivity index (χ0n) is 27.8. The number of amides is 2. The number of nitrogen functional groups attached to an aromatic ring is 1.